The highest BCUT2D eigenvalue weighted by atomic mass is 15.4. The number of azo groups is 1. The number of nitrogens with zero attached hydrogens (tertiary/aromatic N) is 8. The van der Waals surface area contributed by atoms with E-state index in [-0.39, 0.29) is 0 Å². The number of hydrogen-bond acceptors (Lipinski definition) is 4. The minimum Gasteiger partial charge on any atom is -0.181 e. The van der Waals surface area contributed by atoms with Gasteiger partial charge in [0.15, 0.2) is 11.3 Å². The molecule has 8 heteroatoms. The highest BCUT2D eigenvalue weighted by molar-refractivity contribution is 4.77. The van der Waals surface area contributed by atoms with Crippen molar-refractivity contribution in [3.05, 3.63) is 20.9 Å². The van der Waals surface area contributed by atoms with E-state index in [9.17, 15) is 0 Å². The molecular weight excluding hydrogens is 184 g/mol. The third-order valence-electron chi connectivity index (χ3n) is 1.12. The van der Waals surface area contributed by atoms with Crippen LogP contribution in [0, 0.1) is 0 Å². The molecule has 0 N–H and O–H groups in total. The molecule has 0 aromatic carbocycles. The predicted molar refractivity (Wildman–Crippen MR) is 51.3 cm³/mol. The first-order chi connectivity index (χ1) is 6.33. The molecule has 0 aliphatic heterocycles. The maximum Gasteiger partial charge on any atom is 0.154 e. The second kappa shape index (κ2) is 4.45. The van der Waals surface area contributed by atoms with Crippen molar-refractivity contribution >= 4 is 0 Å². The smallest absolute Gasteiger partial charge is 0.154 e. The summed E-state index contributed by atoms with van der Waals surface area (Å²) in [7, 11) is 0. The highest BCUT2D eigenvalue weighted by Crippen LogP contribution is 2.17. The maximum atomic E-state index is 8.21. The van der Waals surface area contributed by atoms with Gasteiger partial charge in [0.25, 0.3) is 0 Å². The van der Waals surface area contributed by atoms with Crippen LogP contribution in [-0.2, 0) is 0 Å². The van der Waals surface area contributed by atoms with Crippen molar-refractivity contribution < 1.29 is 0 Å². The van der Waals surface area contributed by atoms with E-state index >= 15 is 0 Å². The van der Waals surface area contributed by atoms with Crippen molar-refractivity contribution in [3.63, 3.8) is 0 Å². The van der Waals surface area contributed by atoms with Crippen LogP contribution in [0.3, 0.4) is 0 Å². The fourth-order valence-corrected chi connectivity index (χ4v) is 0.504. The summed E-state index contributed by atoms with van der Waals surface area (Å²) in [4.78, 5) is 5.24. The molecule has 0 saturated heterocycles. The molecule has 0 atom stereocenters. The van der Waals surface area contributed by atoms with Crippen LogP contribution in [0.2, 0.25) is 0 Å². The van der Waals surface area contributed by atoms with Crippen LogP contribution >= 0.6 is 0 Å². The lowest BCUT2D eigenvalue weighted by Gasteiger charge is -2.14. The van der Waals surface area contributed by atoms with Gasteiger partial charge in [0, 0.05) is 9.82 Å². The molecule has 0 unspecified atom stereocenters. The fraction of sp³-hybridized carbons (Fsp3) is 1.00. The molecule has 0 aliphatic rings. The summed E-state index contributed by atoms with van der Waals surface area (Å²) >= 11 is 0. The summed E-state index contributed by atoms with van der Waals surface area (Å²) < 4.78 is 0. The van der Waals surface area contributed by atoms with Crippen molar-refractivity contribution in [1.82, 2.24) is 0 Å². The zero-order valence-electron chi connectivity index (χ0n) is 8.58. The van der Waals surface area contributed by atoms with Gasteiger partial charge in [0.2, 0.25) is 0 Å². The van der Waals surface area contributed by atoms with Gasteiger partial charge >= 0.3 is 0 Å². The molecule has 0 amide bonds. The molecule has 8 nitrogen and oxygen atoms in total. The van der Waals surface area contributed by atoms with Gasteiger partial charge in [-0.3, -0.25) is 0 Å². The summed E-state index contributed by atoms with van der Waals surface area (Å²) in [5, 5.41) is 14.4. The van der Waals surface area contributed by atoms with Gasteiger partial charge in [-0.15, -0.1) is 0 Å². The Bertz CT molecular complexity index is 283. The number of hydrogen-bond donors (Lipinski definition) is 0. The van der Waals surface area contributed by atoms with E-state index in [1.807, 2.05) is 0 Å². The molecule has 0 spiro atoms. The number of azide groups is 2. The molecule has 0 radical (unpaired) electrons. The summed E-state index contributed by atoms with van der Waals surface area (Å²) in [6.45, 7) is 6.40. The molecule has 0 aliphatic carbocycles. The van der Waals surface area contributed by atoms with Crippen molar-refractivity contribution in [2.45, 2.75) is 39.0 Å². The van der Waals surface area contributed by atoms with Crippen molar-refractivity contribution in [3.8, 4) is 0 Å². The molecule has 0 heterocycles. The quantitative estimate of drug-likeness (QED) is 0.371. The first kappa shape index (κ1) is 12.2. The normalized spacial score (nSPS) is 12.0. The Labute approximate surface area is 81.3 Å². The highest BCUT2D eigenvalue weighted by Gasteiger charge is 2.18. The van der Waals surface area contributed by atoms with Gasteiger partial charge in [0.05, 0.1) is 0 Å². The largest absolute Gasteiger partial charge is 0.181 e. The molecule has 0 aromatic rings. The minimum absolute atomic E-state index is 0.961. The second-order valence-electron chi connectivity index (χ2n) is 3.57. The van der Waals surface area contributed by atoms with Crippen molar-refractivity contribution in [2.75, 3.05) is 0 Å². The van der Waals surface area contributed by atoms with E-state index in [4.69, 9.17) is 11.1 Å². The minimum atomic E-state index is -0.961. The molecule has 76 valence electrons. The lowest BCUT2D eigenvalue weighted by molar-refractivity contribution is 0.436. The average Bonchev–Trinajstić information content (AvgIpc) is 2.01. The Morgan fingerprint density at radius 2 is 1.07 bits per heavy atom. The van der Waals surface area contributed by atoms with Crippen molar-refractivity contribution in [2.24, 2.45) is 20.5 Å². The van der Waals surface area contributed by atoms with Crippen LogP contribution in [0.5, 0.6) is 0 Å². The average molecular weight is 196 g/mol. The van der Waals surface area contributed by atoms with E-state index in [0.29, 0.717) is 0 Å². The molecule has 0 rings (SSSR count). The van der Waals surface area contributed by atoms with Gasteiger partial charge in [-0.25, -0.2) is 0 Å². The van der Waals surface area contributed by atoms with Crippen LogP contribution < -0.4 is 0 Å². The molecule has 0 bridgehead atoms. The van der Waals surface area contributed by atoms with Crippen molar-refractivity contribution in [1.29, 1.82) is 0 Å². The molecule has 0 aromatic heterocycles. The Morgan fingerprint density at radius 1 is 0.786 bits per heavy atom. The van der Waals surface area contributed by atoms with E-state index < -0.39 is 11.3 Å². The fourth-order valence-electron chi connectivity index (χ4n) is 0.504. The third-order valence-corrected chi connectivity index (χ3v) is 1.12. The lowest BCUT2D eigenvalue weighted by atomic mass is 10.3. The molecule has 0 saturated carbocycles. The number of rotatable bonds is 4. The van der Waals surface area contributed by atoms with Crippen LogP contribution in [0.4, 0.5) is 0 Å². The summed E-state index contributed by atoms with van der Waals surface area (Å²) in [5.41, 5.74) is 14.5. The Morgan fingerprint density at radius 3 is 1.29 bits per heavy atom. The Balaban J connectivity index is 4.74. The Hall–Kier alpha value is -1.78. The summed E-state index contributed by atoms with van der Waals surface area (Å²) in [6, 6.07) is 0. The summed E-state index contributed by atoms with van der Waals surface area (Å²) in [5.74, 6) is 0. The second-order valence-corrected chi connectivity index (χ2v) is 3.57. The van der Waals surface area contributed by atoms with Crippen LogP contribution in [0.1, 0.15) is 27.7 Å². The zero-order valence-corrected chi connectivity index (χ0v) is 8.58. The monoisotopic (exact) mass is 196 g/mol. The predicted octanol–water partition coefficient (Wildman–Crippen LogP) is 3.53. The van der Waals surface area contributed by atoms with Gasteiger partial charge < -0.3 is 0 Å². The van der Waals surface area contributed by atoms with E-state index in [0.717, 1.165) is 0 Å². The third kappa shape index (κ3) is 4.97. The standard InChI is InChI=1S/C6H12N8/c1-5(2,11-13-7)9-10-6(3,4)12-14-8/h1-4H3. The zero-order chi connectivity index (χ0) is 11.2. The van der Waals surface area contributed by atoms with Gasteiger partial charge in [0.1, 0.15) is 0 Å². The Kier molecular flexibility index (Phi) is 3.89. The first-order valence-electron chi connectivity index (χ1n) is 3.89. The molecule has 14 heavy (non-hydrogen) atoms. The van der Waals surface area contributed by atoms with E-state index in [1.165, 1.54) is 0 Å². The molecular formula is C6H12N8. The van der Waals surface area contributed by atoms with Gasteiger partial charge in [-0.05, 0) is 38.8 Å². The van der Waals surface area contributed by atoms with Crippen LogP contribution in [0.15, 0.2) is 20.5 Å². The summed E-state index contributed by atoms with van der Waals surface area (Å²) in [6.07, 6.45) is 0. The lowest BCUT2D eigenvalue weighted by Crippen LogP contribution is -2.16. The van der Waals surface area contributed by atoms with Crippen LogP contribution in [-0.4, -0.2) is 11.3 Å². The maximum absolute atomic E-state index is 8.21. The molecule has 0 fully saturated rings. The first-order valence-corrected chi connectivity index (χ1v) is 3.89. The van der Waals surface area contributed by atoms with Gasteiger partial charge in [-0.1, -0.05) is 10.2 Å². The van der Waals surface area contributed by atoms with Crippen LogP contribution in [0.25, 0.3) is 20.9 Å². The van der Waals surface area contributed by atoms with Gasteiger partial charge in [-0.2, -0.15) is 10.2 Å². The SMILES string of the molecule is CC(C)(N=NC(C)(C)N=[N+]=[N-])N=[N+]=[N-]. The topological polar surface area (TPSA) is 122 Å². The van der Waals surface area contributed by atoms with E-state index in [1.54, 1.807) is 27.7 Å². The van der Waals surface area contributed by atoms with E-state index in [2.05, 4.69) is 30.3 Å².